The molecule has 1 saturated heterocycles. The summed E-state index contributed by atoms with van der Waals surface area (Å²) in [6.07, 6.45) is 4.72. The number of anilines is 2. The topological polar surface area (TPSA) is 100 Å². The molecule has 1 unspecified atom stereocenters. The van der Waals surface area contributed by atoms with Crippen molar-refractivity contribution in [2.24, 2.45) is 0 Å². The van der Waals surface area contributed by atoms with Crippen molar-refractivity contribution in [3.05, 3.63) is 52.9 Å². The Balaban J connectivity index is 1.59. The molecule has 3 N–H and O–H groups in total. The van der Waals surface area contributed by atoms with Crippen molar-refractivity contribution in [2.75, 3.05) is 11.9 Å². The number of aromatic nitrogens is 3. The second-order valence-corrected chi connectivity index (χ2v) is 10.4. The summed E-state index contributed by atoms with van der Waals surface area (Å²) in [5, 5.41) is 17.9. The maximum Gasteiger partial charge on any atom is 0.227 e. The molecule has 1 amide bonds. The summed E-state index contributed by atoms with van der Waals surface area (Å²) in [5.74, 6) is 0.536. The van der Waals surface area contributed by atoms with Crippen molar-refractivity contribution in [3.63, 3.8) is 0 Å². The van der Waals surface area contributed by atoms with E-state index in [1.54, 1.807) is 12.4 Å². The smallest absolute Gasteiger partial charge is 0.227 e. The van der Waals surface area contributed by atoms with Gasteiger partial charge in [-0.25, -0.2) is 15.0 Å². The molecule has 3 heterocycles. The summed E-state index contributed by atoms with van der Waals surface area (Å²) in [7, 11) is 0. The molecule has 1 aliphatic rings. The summed E-state index contributed by atoms with van der Waals surface area (Å²) < 4.78 is 0. The fourth-order valence-corrected chi connectivity index (χ4v) is 4.79. The number of nitrogens with zero attached hydrogens (tertiary/aromatic N) is 3. The minimum absolute atomic E-state index is 0.0233. The lowest BCUT2D eigenvalue weighted by atomic mass is 9.92. The van der Waals surface area contributed by atoms with Crippen LogP contribution in [0.5, 0.6) is 0 Å². The third kappa shape index (κ3) is 4.97. The van der Waals surface area contributed by atoms with Crippen molar-refractivity contribution in [3.8, 4) is 10.4 Å². The molecule has 1 atom stereocenters. The zero-order valence-electron chi connectivity index (χ0n) is 18.9. The van der Waals surface area contributed by atoms with E-state index in [0.717, 1.165) is 27.4 Å². The van der Waals surface area contributed by atoms with Gasteiger partial charge in [-0.05, 0) is 42.7 Å². The molecule has 8 heteroatoms. The number of amides is 1. The van der Waals surface area contributed by atoms with Gasteiger partial charge in [0.15, 0.2) is 0 Å². The Labute approximate surface area is 192 Å². The first kappa shape index (κ1) is 22.4. The quantitative estimate of drug-likeness (QED) is 0.542. The molecule has 0 spiro atoms. The van der Waals surface area contributed by atoms with Crippen LogP contribution >= 0.6 is 11.3 Å². The molecule has 3 aromatic rings. The molecule has 2 aromatic heterocycles. The largest absolute Gasteiger partial charge is 0.383 e. The van der Waals surface area contributed by atoms with Crippen molar-refractivity contribution in [1.29, 1.82) is 0 Å². The van der Waals surface area contributed by atoms with Gasteiger partial charge in [0, 0.05) is 42.9 Å². The SMILES string of the molecule is Cc1cc(Nc2nccc(C(C)(C)C)n2)cc(-c2cnc(C3(O)CCNC(=O)CC3)s2)c1. The molecule has 1 aromatic carbocycles. The highest BCUT2D eigenvalue weighted by molar-refractivity contribution is 7.15. The summed E-state index contributed by atoms with van der Waals surface area (Å²) in [5.41, 5.74) is 2.83. The van der Waals surface area contributed by atoms with Crippen LogP contribution in [0.25, 0.3) is 10.4 Å². The first-order chi connectivity index (χ1) is 15.1. The average Bonchev–Trinajstić information content (AvgIpc) is 3.16. The fourth-order valence-electron chi connectivity index (χ4n) is 3.74. The van der Waals surface area contributed by atoms with Crippen molar-refractivity contribution < 1.29 is 9.90 Å². The number of hydrogen-bond donors (Lipinski definition) is 3. The number of rotatable bonds is 4. The molecule has 1 aliphatic heterocycles. The number of benzene rings is 1. The molecule has 0 aliphatic carbocycles. The van der Waals surface area contributed by atoms with Gasteiger partial charge in [0.2, 0.25) is 11.9 Å². The van der Waals surface area contributed by atoms with Gasteiger partial charge in [-0.15, -0.1) is 11.3 Å². The van der Waals surface area contributed by atoms with Gasteiger partial charge in [0.1, 0.15) is 10.6 Å². The monoisotopic (exact) mass is 451 g/mol. The van der Waals surface area contributed by atoms with Crippen LogP contribution in [0, 0.1) is 6.92 Å². The van der Waals surface area contributed by atoms with E-state index in [9.17, 15) is 9.90 Å². The van der Waals surface area contributed by atoms with Crippen LogP contribution in [0.3, 0.4) is 0 Å². The Kier molecular flexibility index (Phi) is 6.01. The average molecular weight is 452 g/mol. The standard InChI is InChI=1S/C24H29N5O2S/c1-15-11-16(13-17(12-15)28-22-26-9-6-19(29-22)23(2,3)4)18-14-27-21(32-18)24(31)7-5-20(30)25-10-8-24/h6,9,11-14,31H,5,7-8,10H2,1-4H3,(H,25,30)(H,26,28,29). The van der Waals surface area contributed by atoms with Gasteiger partial charge in [-0.2, -0.15) is 0 Å². The zero-order chi connectivity index (χ0) is 22.9. The minimum atomic E-state index is -1.08. The first-order valence-corrected chi connectivity index (χ1v) is 11.6. The van der Waals surface area contributed by atoms with Crippen molar-refractivity contribution >= 4 is 28.9 Å². The molecule has 7 nitrogen and oxygen atoms in total. The van der Waals surface area contributed by atoms with E-state index in [1.165, 1.54) is 11.3 Å². The van der Waals surface area contributed by atoms with Crippen LogP contribution in [-0.2, 0) is 15.8 Å². The molecular formula is C24H29N5O2S. The number of carbonyl (C=O) groups is 1. The van der Waals surface area contributed by atoms with Gasteiger partial charge in [-0.3, -0.25) is 4.79 Å². The van der Waals surface area contributed by atoms with Gasteiger partial charge in [0.05, 0.1) is 10.6 Å². The van der Waals surface area contributed by atoms with Gasteiger partial charge in [0.25, 0.3) is 0 Å². The molecule has 32 heavy (non-hydrogen) atoms. The zero-order valence-corrected chi connectivity index (χ0v) is 19.7. The maximum absolute atomic E-state index is 11.7. The fraction of sp³-hybridized carbons (Fsp3) is 0.417. The number of aliphatic hydroxyl groups is 1. The van der Waals surface area contributed by atoms with Gasteiger partial charge >= 0.3 is 0 Å². The maximum atomic E-state index is 11.7. The summed E-state index contributed by atoms with van der Waals surface area (Å²) in [6, 6.07) is 8.12. The molecule has 0 bridgehead atoms. The first-order valence-electron chi connectivity index (χ1n) is 10.8. The number of carbonyl (C=O) groups excluding carboxylic acids is 1. The van der Waals surface area contributed by atoms with E-state index < -0.39 is 5.60 Å². The summed E-state index contributed by atoms with van der Waals surface area (Å²) in [6.45, 7) is 8.87. The van der Waals surface area contributed by atoms with E-state index in [0.29, 0.717) is 36.8 Å². The van der Waals surface area contributed by atoms with Gasteiger partial charge < -0.3 is 15.7 Å². The normalized spacial score (nSPS) is 19.3. The third-order valence-electron chi connectivity index (χ3n) is 5.57. The van der Waals surface area contributed by atoms with Crippen LogP contribution in [0.15, 0.2) is 36.7 Å². The third-order valence-corrected chi connectivity index (χ3v) is 6.81. The highest BCUT2D eigenvalue weighted by Crippen LogP contribution is 2.38. The lowest BCUT2D eigenvalue weighted by molar-refractivity contribution is -0.121. The van der Waals surface area contributed by atoms with Crippen molar-refractivity contribution in [2.45, 2.75) is 58.0 Å². The van der Waals surface area contributed by atoms with E-state index in [2.05, 4.69) is 58.5 Å². The van der Waals surface area contributed by atoms with E-state index >= 15 is 0 Å². The van der Waals surface area contributed by atoms with Crippen LogP contribution in [0.1, 0.15) is 56.3 Å². The molecule has 168 valence electrons. The predicted octanol–water partition coefficient (Wildman–Crippen LogP) is 4.44. The number of thiazole rings is 1. The van der Waals surface area contributed by atoms with E-state index in [4.69, 9.17) is 0 Å². The lowest BCUT2D eigenvalue weighted by Gasteiger charge is -2.22. The van der Waals surface area contributed by atoms with Crippen LogP contribution in [-0.4, -0.2) is 32.5 Å². The van der Waals surface area contributed by atoms with E-state index in [-0.39, 0.29) is 11.3 Å². The lowest BCUT2D eigenvalue weighted by Crippen LogP contribution is -2.27. The minimum Gasteiger partial charge on any atom is -0.383 e. The Morgan fingerprint density at radius 3 is 2.78 bits per heavy atom. The summed E-state index contributed by atoms with van der Waals surface area (Å²) >= 11 is 1.47. The second kappa shape index (κ2) is 8.60. The van der Waals surface area contributed by atoms with Crippen LogP contribution < -0.4 is 10.6 Å². The molecule has 1 fully saturated rings. The highest BCUT2D eigenvalue weighted by Gasteiger charge is 2.35. The molecule has 0 saturated carbocycles. The molecule has 4 rings (SSSR count). The van der Waals surface area contributed by atoms with Crippen LogP contribution in [0.2, 0.25) is 0 Å². The highest BCUT2D eigenvalue weighted by atomic mass is 32.1. The Hall–Kier alpha value is -2.84. The number of hydrogen-bond acceptors (Lipinski definition) is 7. The summed E-state index contributed by atoms with van der Waals surface area (Å²) in [4.78, 5) is 26.2. The number of nitrogens with one attached hydrogen (secondary N) is 2. The Bertz CT molecular complexity index is 1140. The predicted molar refractivity (Wildman–Crippen MR) is 127 cm³/mol. The van der Waals surface area contributed by atoms with Gasteiger partial charge in [-0.1, -0.05) is 26.8 Å². The Morgan fingerprint density at radius 1 is 1.19 bits per heavy atom. The van der Waals surface area contributed by atoms with E-state index in [1.807, 2.05) is 19.1 Å². The Morgan fingerprint density at radius 2 is 2.00 bits per heavy atom. The molecule has 0 radical (unpaired) electrons. The van der Waals surface area contributed by atoms with Crippen LogP contribution in [0.4, 0.5) is 11.6 Å². The second-order valence-electron chi connectivity index (χ2n) is 9.39. The van der Waals surface area contributed by atoms with Crippen molar-refractivity contribution in [1.82, 2.24) is 20.3 Å². The number of aryl methyl sites for hydroxylation is 1. The molecular weight excluding hydrogens is 422 g/mol.